The molecule has 1 aliphatic heterocycles. The van der Waals surface area contributed by atoms with Crippen LogP contribution in [-0.4, -0.2) is 77.4 Å². The Morgan fingerprint density at radius 3 is 2.24 bits per heavy atom. The van der Waals surface area contributed by atoms with Gasteiger partial charge in [0.25, 0.3) is 0 Å². The first-order chi connectivity index (χ1) is 17.9. The zero-order valence-electron chi connectivity index (χ0n) is 21.0. The molecule has 3 N–H and O–H groups in total. The summed E-state index contributed by atoms with van der Waals surface area (Å²) in [4.78, 5) is 43.6. The van der Waals surface area contributed by atoms with Crippen LogP contribution in [0.5, 0.6) is 5.75 Å². The Morgan fingerprint density at radius 2 is 1.65 bits per heavy atom. The minimum atomic E-state index is -1.09. The summed E-state index contributed by atoms with van der Waals surface area (Å²) in [6.45, 7) is 2.62. The molecule has 10 heteroatoms. The van der Waals surface area contributed by atoms with E-state index in [2.05, 4.69) is 4.90 Å². The molecule has 37 heavy (non-hydrogen) atoms. The molecule has 2 aromatic rings. The maximum atomic E-state index is 13.5. The van der Waals surface area contributed by atoms with Crippen molar-refractivity contribution >= 4 is 23.6 Å². The number of hydroxylamine groups is 1. The van der Waals surface area contributed by atoms with Crippen LogP contribution in [0.3, 0.4) is 0 Å². The lowest BCUT2D eigenvalue weighted by atomic mass is 9.75. The number of anilines is 1. The SMILES string of the molecule is COc1ccc(CN(C(=O)O)[C@@H]2CC[C@H](C(=O)N3CCN(c4ccccc4)CC3)[C@@H](C(=O)NO)C2)cc1. The highest BCUT2D eigenvalue weighted by Gasteiger charge is 2.43. The third kappa shape index (κ3) is 6.14. The molecule has 0 aromatic heterocycles. The van der Waals surface area contributed by atoms with Gasteiger partial charge in [0.05, 0.1) is 13.0 Å². The van der Waals surface area contributed by atoms with Crippen LogP contribution in [0.25, 0.3) is 0 Å². The van der Waals surface area contributed by atoms with Crippen LogP contribution < -0.4 is 15.1 Å². The van der Waals surface area contributed by atoms with Gasteiger partial charge in [-0.2, -0.15) is 0 Å². The summed E-state index contributed by atoms with van der Waals surface area (Å²) in [7, 11) is 1.56. The first-order valence-corrected chi connectivity index (χ1v) is 12.6. The molecule has 4 rings (SSSR count). The predicted octanol–water partition coefficient (Wildman–Crippen LogP) is 2.81. The summed E-state index contributed by atoms with van der Waals surface area (Å²) in [5.41, 5.74) is 3.61. The van der Waals surface area contributed by atoms with Gasteiger partial charge in [-0.1, -0.05) is 30.3 Å². The third-order valence-electron chi connectivity index (χ3n) is 7.50. The largest absolute Gasteiger partial charge is 0.497 e. The van der Waals surface area contributed by atoms with E-state index in [1.807, 2.05) is 30.3 Å². The molecule has 1 aliphatic carbocycles. The minimum absolute atomic E-state index is 0.114. The number of carbonyl (C=O) groups excluding carboxylic acids is 2. The number of carboxylic acid groups (broad SMARTS) is 1. The topological polar surface area (TPSA) is 123 Å². The second-order valence-corrected chi connectivity index (χ2v) is 9.56. The zero-order chi connectivity index (χ0) is 26.4. The first-order valence-electron chi connectivity index (χ1n) is 12.6. The smallest absolute Gasteiger partial charge is 0.407 e. The normalized spacial score (nSPS) is 21.7. The van der Waals surface area contributed by atoms with E-state index in [4.69, 9.17) is 4.74 Å². The Kier molecular flexibility index (Phi) is 8.50. The Bertz CT molecular complexity index is 1070. The fourth-order valence-corrected chi connectivity index (χ4v) is 5.44. The van der Waals surface area contributed by atoms with E-state index in [9.17, 15) is 24.7 Å². The zero-order valence-corrected chi connectivity index (χ0v) is 21.0. The van der Waals surface area contributed by atoms with E-state index in [1.54, 1.807) is 41.8 Å². The van der Waals surface area contributed by atoms with E-state index < -0.39 is 29.9 Å². The highest BCUT2D eigenvalue weighted by Crippen LogP contribution is 2.35. The fourth-order valence-electron chi connectivity index (χ4n) is 5.44. The van der Waals surface area contributed by atoms with Crippen LogP contribution in [0.4, 0.5) is 10.5 Å². The lowest BCUT2D eigenvalue weighted by Crippen LogP contribution is -2.54. The van der Waals surface area contributed by atoms with Crippen LogP contribution in [0, 0.1) is 11.8 Å². The lowest BCUT2D eigenvalue weighted by molar-refractivity contribution is -0.148. The van der Waals surface area contributed by atoms with Crippen molar-refractivity contribution < 1.29 is 29.4 Å². The molecule has 2 aromatic carbocycles. The minimum Gasteiger partial charge on any atom is -0.497 e. The van der Waals surface area contributed by atoms with Gasteiger partial charge in [-0.3, -0.25) is 14.8 Å². The Balaban J connectivity index is 1.42. The highest BCUT2D eigenvalue weighted by molar-refractivity contribution is 5.87. The molecule has 2 fully saturated rings. The fraction of sp³-hybridized carbons (Fsp3) is 0.444. The predicted molar refractivity (Wildman–Crippen MR) is 136 cm³/mol. The molecule has 0 unspecified atom stereocenters. The lowest BCUT2D eigenvalue weighted by Gasteiger charge is -2.42. The standard InChI is InChI=1S/C27H34N4O6/c1-37-22-10-7-19(8-11-22)18-31(27(34)35)21-9-12-23(24(17-21)25(32)28-36)26(33)30-15-13-29(14-16-30)20-5-3-2-4-6-20/h2-8,10-11,21,23-24,36H,9,12-18H2,1H3,(H,28,32)(H,34,35)/t21-,23+,24+/m1/s1. The Labute approximate surface area is 216 Å². The summed E-state index contributed by atoms with van der Waals surface area (Å²) >= 11 is 0. The van der Waals surface area contributed by atoms with Crippen molar-refractivity contribution in [2.45, 2.75) is 31.8 Å². The highest BCUT2D eigenvalue weighted by atomic mass is 16.5. The molecule has 2 aliphatic rings. The monoisotopic (exact) mass is 510 g/mol. The van der Waals surface area contributed by atoms with Crippen molar-refractivity contribution in [2.24, 2.45) is 11.8 Å². The van der Waals surface area contributed by atoms with Crippen LogP contribution in [-0.2, 0) is 16.1 Å². The number of nitrogens with one attached hydrogen (secondary N) is 1. The number of methoxy groups -OCH3 is 1. The number of nitrogens with zero attached hydrogens (tertiary/aromatic N) is 3. The van der Waals surface area contributed by atoms with Gasteiger partial charge in [-0.05, 0) is 49.1 Å². The molecule has 3 atom stereocenters. The van der Waals surface area contributed by atoms with E-state index in [0.29, 0.717) is 44.8 Å². The van der Waals surface area contributed by atoms with Gasteiger partial charge in [0.15, 0.2) is 0 Å². The van der Waals surface area contributed by atoms with E-state index in [1.165, 1.54) is 4.90 Å². The number of piperazine rings is 1. The van der Waals surface area contributed by atoms with Crippen molar-refractivity contribution in [2.75, 3.05) is 38.2 Å². The van der Waals surface area contributed by atoms with Gasteiger partial charge in [0.2, 0.25) is 11.8 Å². The number of hydrogen-bond donors (Lipinski definition) is 3. The van der Waals surface area contributed by atoms with Crippen molar-refractivity contribution in [1.82, 2.24) is 15.3 Å². The van der Waals surface area contributed by atoms with Crippen LogP contribution in [0.2, 0.25) is 0 Å². The molecular formula is C27H34N4O6. The van der Waals surface area contributed by atoms with Gasteiger partial charge in [-0.25, -0.2) is 10.3 Å². The average molecular weight is 511 g/mol. The molecule has 0 spiro atoms. The number of carbonyl (C=O) groups is 3. The summed E-state index contributed by atoms with van der Waals surface area (Å²) in [5, 5.41) is 19.3. The quantitative estimate of drug-likeness (QED) is 0.387. The van der Waals surface area contributed by atoms with Crippen LogP contribution in [0.1, 0.15) is 24.8 Å². The van der Waals surface area contributed by atoms with Gasteiger partial charge in [0, 0.05) is 50.4 Å². The molecular weight excluding hydrogens is 476 g/mol. The number of benzene rings is 2. The van der Waals surface area contributed by atoms with Crippen LogP contribution in [0.15, 0.2) is 54.6 Å². The molecule has 0 bridgehead atoms. The molecule has 1 heterocycles. The average Bonchev–Trinajstić information content (AvgIpc) is 2.95. The molecule has 198 valence electrons. The second-order valence-electron chi connectivity index (χ2n) is 9.56. The summed E-state index contributed by atoms with van der Waals surface area (Å²) in [6, 6.07) is 16.7. The molecule has 3 amide bonds. The Morgan fingerprint density at radius 1 is 0.973 bits per heavy atom. The van der Waals surface area contributed by atoms with Gasteiger partial charge in [-0.15, -0.1) is 0 Å². The summed E-state index contributed by atoms with van der Waals surface area (Å²) < 4.78 is 5.17. The number of amides is 3. The number of rotatable bonds is 7. The van der Waals surface area contributed by atoms with E-state index in [0.717, 1.165) is 11.3 Å². The summed E-state index contributed by atoms with van der Waals surface area (Å²) in [6.07, 6.45) is -0.106. The number of hydrogen-bond acceptors (Lipinski definition) is 6. The third-order valence-corrected chi connectivity index (χ3v) is 7.50. The van der Waals surface area contributed by atoms with Crippen molar-refractivity contribution in [3.05, 3.63) is 60.2 Å². The maximum Gasteiger partial charge on any atom is 0.407 e. The van der Waals surface area contributed by atoms with Gasteiger partial charge >= 0.3 is 6.09 Å². The van der Waals surface area contributed by atoms with Crippen molar-refractivity contribution in [1.29, 1.82) is 0 Å². The molecule has 1 saturated carbocycles. The maximum absolute atomic E-state index is 13.5. The first kappa shape index (κ1) is 26.3. The Hall–Kier alpha value is -3.79. The van der Waals surface area contributed by atoms with Gasteiger partial charge in [0.1, 0.15) is 5.75 Å². The summed E-state index contributed by atoms with van der Waals surface area (Å²) in [5.74, 6) is -1.52. The molecule has 10 nitrogen and oxygen atoms in total. The van der Waals surface area contributed by atoms with E-state index in [-0.39, 0.29) is 18.9 Å². The van der Waals surface area contributed by atoms with Crippen molar-refractivity contribution in [3.63, 3.8) is 0 Å². The van der Waals surface area contributed by atoms with Crippen molar-refractivity contribution in [3.8, 4) is 5.75 Å². The molecule has 0 radical (unpaired) electrons. The number of ether oxygens (including phenoxy) is 1. The van der Waals surface area contributed by atoms with Crippen LogP contribution >= 0.6 is 0 Å². The number of para-hydroxylation sites is 1. The second kappa shape index (κ2) is 12.0. The molecule has 1 saturated heterocycles. The van der Waals surface area contributed by atoms with Gasteiger partial charge < -0.3 is 24.5 Å². The van der Waals surface area contributed by atoms with E-state index >= 15 is 0 Å².